The van der Waals surface area contributed by atoms with E-state index in [1.807, 2.05) is 6.92 Å². The summed E-state index contributed by atoms with van der Waals surface area (Å²) in [4.78, 5) is 37.4. The molecule has 2 amide bonds. The Balaban J connectivity index is 1.88. The first-order valence-corrected chi connectivity index (χ1v) is 8.29. The maximum Gasteiger partial charge on any atom is 0.352 e. The van der Waals surface area contributed by atoms with Crippen molar-refractivity contribution in [1.82, 2.24) is 14.5 Å². The molecule has 0 bridgehead atoms. The van der Waals surface area contributed by atoms with Gasteiger partial charge in [0.1, 0.15) is 0 Å². The molecule has 25 heavy (non-hydrogen) atoms. The Kier molecular flexibility index (Phi) is 6.18. The highest BCUT2D eigenvalue weighted by atomic mass is 32.1. The first kappa shape index (κ1) is 18.5. The Hall–Kier alpha value is -2.81. The number of hydrogen-bond acceptors (Lipinski definition) is 7. The second-order valence-electron chi connectivity index (χ2n) is 5.30. The third-order valence-electron chi connectivity index (χ3n) is 3.23. The third kappa shape index (κ3) is 4.83. The monoisotopic (exact) mass is 362 g/mol. The Bertz CT molecular complexity index is 771. The fraction of sp³-hybridized carbons (Fsp3) is 0.312. The number of esters is 1. The number of amides is 2. The number of benzene rings is 1. The molecule has 0 spiro atoms. The number of hydrogen-bond donors (Lipinski definition) is 1. The van der Waals surface area contributed by atoms with E-state index in [9.17, 15) is 14.4 Å². The van der Waals surface area contributed by atoms with Crippen molar-refractivity contribution < 1.29 is 19.1 Å². The lowest BCUT2D eigenvalue weighted by atomic mass is 10.2. The predicted octanol–water partition coefficient (Wildman–Crippen LogP) is 1.60. The normalized spacial score (nSPS) is 10.2. The zero-order chi connectivity index (χ0) is 18.4. The number of aromatic nitrogens is 2. The topological polar surface area (TPSA) is 101 Å². The molecule has 2 rings (SSSR count). The zero-order valence-electron chi connectivity index (χ0n) is 14.1. The average molecular weight is 362 g/mol. The van der Waals surface area contributed by atoms with Crippen molar-refractivity contribution in [2.45, 2.75) is 13.3 Å². The second kappa shape index (κ2) is 8.34. The minimum Gasteiger partial charge on any atom is -0.451 e. The first-order valence-electron chi connectivity index (χ1n) is 7.52. The number of carbonyl (C=O) groups excluding carboxylic acids is 3. The highest BCUT2D eigenvalue weighted by Crippen LogP contribution is 2.13. The van der Waals surface area contributed by atoms with Gasteiger partial charge in [0, 0.05) is 25.3 Å². The van der Waals surface area contributed by atoms with Gasteiger partial charge in [-0.05, 0) is 42.2 Å². The maximum atomic E-state index is 11.9. The van der Waals surface area contributed by atoms with Crippen LogP contribution in [0.1, 0.15) is 32.6 Å². The molecule has 2 aromatic rings. The molecule has 0 unspecified atom stereocenters. The molecule has 1 N–H and O–H groups in total. The van der Waals surface area contributed by atoms with Gasteiger partial charge in [-0.25, -0.2) is 4.79 Å². The molecule has 0 saturated heterocycles. The summed E-state index contributed by atoms with van der Waals surface area (Å²) in [5.74, 6) is -1.22. The number of rotatable bonds is 6. The number of ether oxygens (including phenoxy) is 1. The summed E-state index contributed by atoms with van der Waals surface area (Å²) in [6.07, 6.45) is 0.561. The van der Waals surface area contributed by atoms with Gasteiger partial charge in [0.2, 0.25) is 0 Å². The molecule has 0 aliphatic heterocycles. The first-order chi connectivity index (χ1) is 11.9. The molecule has 1 aromatic heterocycles. The zero-order valence-corrected chi connectivity index (χ0v) is 14.9. The molecular weight excluding hydrogens is 344 g/mol. The Morgan fingerprint density at radius 1 is 1.20 bits per heavy atom. The number of aryl methyl sites for hydroxylation is 1. The van der Waals surface area contributed by atoms with Crippen LogP contribution in [-0.2, 0) is 16.0 Å². The number of carbonyl (C=O) groups is 3. The van der Waals surface area contributed by atoms with E-state index in [1.165, 1.54) is 4.90 Å². The molecule has 0 atom stereocenters. The summed E-state index contributed by atoms with van der Waals surface area (Å²) in [6, 6.07) is 6.44. The lowest BCUT2D eigenvalue weighted by Crippen LogP contribution is -2.22. The third-order valence-corrected chi connectivity index (χ3v) is 3.98. The van der Waals surface area contributed by atoms with Crippen molar-refractivity contribution in [2.24, 2.45) is 0 Å². The van der Waals surface area contributed by atoms with Crippen LogP contribution in [0.4, 0.5) is 5.69 Å². The molecule has 1 heterocycles. The molecule has 132 valence electrons. The highest BCUT2D eigenvalue weighted by Gasteiger charge is 2.17. The van der Waals surface area contributed by atoms with Crippen molar-refractivity contribution in [3.05, 3.63) is 40.4 Å². The van der Waals surface area contributed by atoms with Gasteiger partial charge in [0.25, 0.3) is 11.8 Å². The molecule has 0 saturated carbocycles. The van der Waals surface area contributed by atoms with Crippen LogP contribution in [-0.4, -0.2) is 53.0 Å². The molecule has 1 aromatic carbocycles. The number of anilines is 1. The second-order valence-corrected chi connectivity index (χ2v) is 6.06. The lowest BCUT2D eigenvalue weighted by molar-refractivity contribution is -0.119. The Morgan fingerprint density at radius 2 is 1.88 bits per heavy atom. The van der Waals surface area contributed by atoms with Gasteiger partial charge in [0.15, 0.2) is 11.5 Å². The van der Waals surface area contributed by atoms with Crippen LogP contribution >= 0.6 is 11.5 Å². The van der Waals surface area contributed by atoms with Gasteiger partial charge in [-0.1, -0.05) is 11.4 Å². The quantitative estimate of drug-likeness (QED) is 0.783. The predicted molar refractivity (Wildman–Crippen MR) is 92.7 cm³/mol. The molecule has 8 nitrogen and oxygen atoms in total. The van der Waals surface area contributed by atoms with E-state index < -0.39 is 18.5 Å². The largest absolute Gasteiger partial charge is 0.451 e. The van der Waals surface area contributed by atoms with Crippen LogP contribution < -0.4 is 5.32 Å². The van der Waals surface area contributed by atoms with Crippen LogP contribution in [0.5, 0.6) is 0 Å². The van der Waals surface area contributed by atoms with Crippen LogP contribution in [0.2, 0.25) is 0 Å². The van der Waals surface area contributed by atoms with E-state index in [4.69, 9.17) is 4.74 Å². The van der Waals surface area contributed by atoms with E-state index >= 15 is 0 Å². The van der Waals surface area contributed by atoms with Crippen LogP contribution in [0.15, 0.2) is 24.3 Å². The lowest BCUT2D eigenvalue weighted by Gasteiger charge is -2.11. The van der Waals surface area contributed by atoms with Crippen molar-refractivity contribution in [2.75, 3.05) is 26.0 Å². The summed E-state index contributed by atoms with van der Waals surface area (Å²) in [6.45, 7) is 1.43. The van der Waals surface area contributed by atoms with Crippen molar-refractivity contribution in [3.63, 3.8) is 0 Å². The highest BCUT2D eigenvalue weighted by molar-refractivity contribution is 7.07. The summed E-state index contributed by atoms with van der Waals surface area (Å²) in [5.41, 5.74) is 1.57. The fourth-order valence-corrected chi connectivity index (χ4v) is 2.59. The molecule has 0 radical (unpaired) electrons. The number of nitrogens with zero attached hydrogens (tertiary/aromatic N) is 3. The fourth-order valence-electron chi connectivity index (χ4n) is 1.94. The van der Waals surface area contributed by atoms with Crippen LogP contribution in [0, 0.1) is 0 Å². The number of nitrogens with one attached hydrogen (secondary N) is 1. The van der Waals surface area contributed by atoms with Crippen molar-refractivity contribution in [1.29, 1.82) is 0 Å². The van der Waals surface area contributed by atoms with E-state index in [2.05, 4.69) is 14.9 Å². The van der Waals surface area contributed by atoms with Gasteiger partial charge in [-0.3, -0.25) is 9.59 Å². The average Bonchev–Trinajstić information content (AvgIpc) is 3.08. The minimum atomic E-state index is -0.617. The summed E-state index contributed by atoms with van der Waals surface area (Å²) < 4.78 is 8.68. The molecular formula is C16H18N4O4S. The van der Waals surface area contributed by atoms with Crippen LogP contribution in [0.25, 0.3) is 0 Å². The molecule has 9 heteroatoms. The summed E-state index contributed by atoms with van der Waals surface area (Å²) in [7, 11) is 3.32. The summed E-state index contributed by atoms with van der Waals surface area (Å²) >= 11 is 0.941. The van der Waals surface area contributed by atoms with Gasteiger partial charge in [-0.15, -0.1) is 5.10 Å². The van der Waals surface area contributed by atoms with Crippen molar-refractivity contribution >= 4 is 35.0 Å². The van der Waals surface area contributed by atoms with E-state index in [0.717, 1.165) is 11.5 Å². The van der Waals surface area contributed by atoms with Crippen molar-refractivity contribution in [3.8, 4) is 0 Å². The van der Waals surface area contributed by atoms with Gasteiger partial charge >= 0.3 is 5.97 Å². The molecule has 0 aliphatic carbocycles. The van der Waals surface area contributed by atoms with E-state index in [1.54, 1.807) is 38.4 Å². The van der Waals surface area contributed by atoms with E-state index in [-0.39, 0.29) is 5.91 Å². The van der Waals surface area contributed by atoms with Gasteiger partial charge < -0.3 is 15.0 Å². The standard InChI is InChI=1S/C16H18N4O4S/c1-4-12-14(25-19-18-12)16(23)24-9-13(21)17-11-7-5-10(6-8-11)15(22)20(2)3/h5-8H,4,9H2,1-3H3,(H,17,21). The maximum absolute atomic E-state index is 11.9. The molecule has 0 aliphatic rings. The Labute approximate surface area is 149 Å². The smallest absolute Gasteiger partial charge is 0.352 e. The van der Waals surface area contributed by atoms with Gasteiger partial charge in [0.05, 0.1) is 5.69 Å². The molecule has 0 fully saturated rings. The van der Waals surface area contributed by atoms with E-state index in [0.29, 0.717) is 28.2 Å². The van der Waals surface area contributed by atoms with Crippen LogP contribution in [0.3, 0.4) is 0 Å². The minimum absolute atomic E-state index is 0.128. The SMILES string of the molecule is CCc1nnsc1C(=O)OCC(=O)Nc1ccc(C(=O)N(C)C)cc1. The summed E-state index contributed by atoms with van der Waals surface area (Å²) in [5, 5.41) is 6.42. The van der Waals surface area contributed by atoms with Gasteiger partial charge in [-0.2, -0.15) is 0 Å². The Morgan fingerprint density at radius 3 is 2.48 bits per heavy atom.